The molecule has 1 fully saturated rings. The Bertz CT molecular complexity index is 453. The van der Waals surface area contributed by atoms with Gasteiger partial charge in [-0.2, -0.15) is 0 Å². The number of alkyl halides is 1. The lowest BCUT2D eigenvalue weighted by molar-refractivity contribution is 0.0930. The van der Waals surface area contributed by atoms with Crippen LogP contribution in [0.1, 0.15) is 36.0 Å². The maximum Gasteiger partial charge on any atom is 0.253 e. The van der Waals surface area contributed by atoms with E-state index in [1.165, 1.54) is 12.8 Å². The molecular weight excluding hydrogens is 381 g/mol. The van der Waals surface area contributed by atoms with Crippen molar-refractivity contribution in [3.05, 3.63) is 33.3 Å². The molecule has 2 nitrogen and oxygen atoms in total. The van der Waals surface area contributed by atoms with E-state index in [1.54, 1.807) is 12.1 Å². The topological polar surface area (TPSA) is 29.1 Å². The lowest BCUT2D eigenvalue weighted by Crippen LogP contribution is -2.42. The van der Waals surface area contributed by atoms with E-state index in [-0.39, 0.29) is 11.9 Å². The fraction of sp³-hybridized carbons (Fsp3) is 0.462. The molecule has 0 aliphatic heterocycles. The van der Waals surface area contributed by atoms with Crippen LogP contribution in [-0.4, -0.2) is 16.8 Å². The average Bonchev–Trinajstić information content (AvgIpc) is 2.32. The minimum atomic E-state index is -0.0937. The van der Waals surface area contributed by atoms with Gasteiger partial charge in [-0.1, -0.05) is 56.3 Å². The number of amides is 1. The zero-order chi connectivity index (χ0) is 13.1. The molecular formula is C13H14Br2ClNO. The smallest absolute Gasteiger partial charge is 0.253 e. The second kappa shape index (κ2) is 6.40. The van der Waals surface area contributed by atoms with Gasteiger partial charge in [0.25, 0.3) is 5.91 Å². The molecule has 1 amide bonds. The van der Waals surface area contributed by atoms with Gasteiger partial charge < -0.3 is 5.32 Å². The first-order chi connectivity index (χ1) is 8.58. The second-order valence-corrected chi connectivity index (χ2v) is 7.00. The van der Waals surface area contributed by atoms with Gasteiger partial charge in [-0.3, -0.25) is 4.79 Å². The Hall–Kier alpha value is -0.0600. The van der Waals surface area contributed by atoms with Gasteiger partial charge in [0.2, 0.25) is 0 Å². The number of carbonyl (C=O) groups is 1. The van der Waals surface area contributed by atoms with E-state index in [4.69, 9.17) is 11.6 Å². The molecule has 98 valence electrons. The molecule has 1 aromatic carbocycles. The van der Waals surface area contributed by atoms with Crippen molar-refractivity contribution in [3.8, 4) is 0 Å². The van der Waals surface area contributed by atoms with Crippen molar-refractivity contribution in [1.29, 1.82) is 0 Å². The third kappa shape index (κ3) is 3.49. The summed E-state index contributed by atoms with van der Waals surface area (Å²) in [6, 6.07) is 5.51. The molecule has 1 aliphatic carbocycles. The first kappa shape index (κ1) is 14.4. The predicted molar refractivity (Wildman–Crippen MR) is 81.6 cm³/mol. The summed E-state index contributed by atoms with van der Waals surface area (Å²) in [5, 5.41) is 3.54. The molecule has 0 bridgehead atoms. The van der Waals surface area contributed by atoms with Crippen molar-refractivity contribution in [3.63, 3.8) is 0 Å². The highest BCUT2D eigenvalue weighted by Gasteiger charge is 2.25. The quantitative estimate of drug-likeness (QED) is 0.732. The summed E-state index contributed by atoms with van der Waals surface area (Å²) in [5.41, 5.74) is 0.533. The summed E-state index contributed by atoms with van der Waals surface area (Å²) in [4.78, 5) is 12.5. The SMILES string of the molecule is O=C(NC1CCCCC1Br)c1ccc(Br)cc1Cl. The molecule has 1 saturated carbocycles. The van der Waals surface area contributed by atoms with Crippen LogP contribution in [0.2, 0.25) is 5.02 Å². The van der Waals surface area contributed by atoms with E-state index < -0.39 is 0 Å². The standard InChI is InChI=1S/C13H14Br2ClNO/c14-8-5-6-9(11(16)7-8)13(18)17-12-4-2-1-3-10(12)15/h5-7,10,12H,1-4H2,(H,17,18). The molecule has 0 spiro atoms. The normalized spacial score (nSPS) is 23.7. The zero-order valence-corrected chi connectivity index (χ0v) is 13.7. The van der Waals surface area contributed by atoms with E-state index in [2.05, 4.69) is 37.2 Å². The van der Waals surface area contributed by atoms with Crippen LogP contribution in [0.15, 0.2) is 22.7 Å². The fourth-order valence-electron chi connectivity index (χ4n) is 2.17. The highest BCUT2D eigenvalue weighted by molar-refractivity contribution is 9.10. The largest absolute Gasteiger partial charge is 0.348 e. The van der Waals surface area contributed by atoms with Crippen LogP contribution in [0.3, 0.4) is 0 Å². The summed E-state index contributed by atoms with van der Waals surface area (Å²) in [5.74, 6) is -0.0937. The minimum absolute atomic E-state index is 0.0937. The van der Waals surface area contributed by atoms with Crippen molar-refractivity contribution in [2.75, 3.05) is 0 Å². The van der Waals surface area contributed by atoms with E-state index in [0.29, 0.717) is 15.4 Å². The van der Waals surface area contributed by atoms with Crippen LogP contribution < -0.4 is 5.32 Å². The molecule has 0 radical (unpaired) electrons. The Kier molecular flexibility index (Phi) is 5.10. The van der Waals surface area contributed by atoms with E-state index >= 15 is 0 Å². The molecule has 2 atom stereocenters. The number of halogens is 3. The molecule has 5 heteroatoms. The van der Waals surface area contributed by atoms with Crippen molar-refractivity contribution in [2.45, 2.75) is 36.6 Å². The molecule has 0 aromatic heterocycles. The Morgan fingerprint density at radius 3 is 2.72 bits per heavy atom. The molecule has 1 N–H and O–H groups in total. The summed E-state index contributed by atoms with van der Waals surface area (Å²) >= 11 is 13.0. The summed E-state index contributed by atoms with van der Waals surface area (Å²) in [6.07, 6.45) is 4.53. The number of hydrogen-bond acceptors (Lipinski definition) is 1. The Balaban J connectivity index is 2.07. The van der Waals surface area contributed by atoms with Gasteiger partial charge in [0, 0.05) is 15.3 Å². The molecule has 2 unspecified atom stereocenters. The van der Waals surface area contributed by atoms with Gasteiger partial charge >= 0.3 is 0 Å². The number of benzene rings is 1. The maximum atomic E-state index is 12.2. The number of hydrogen-bond donors (Lipinski definition) is 1. The Labute approximate surface area is 129 Å². The number of nitrogens with one attached hydrogen (secondary N) is 1. The van der Waals surface area contributed by atoms with Crippen LogP contribution in [0.5, 0.6) is 0 Å². The minimum Gasteiger partial charge on any atom is -0.348 e. The lowest BCUT2D eigenvalue weighted by atomic mass is 9.95. The lowest BCUT2D eigenvalue weighted by Gasteiger charge is -2.28. The number of rotatable bonds is 2. The van der Waals surface area contributed by atoms with Crippen LogP contribution in [0.25, 0.3) is 0 Å². The maximum absolute atomic E-state index is 12.2. The molecule has 0 heterocycles. The van der Waals surface area contributed by atoms with Crippen molar-refractivity contribution < 1.29 is 4.79 Å². The summed E-state index contributed by atoms with van der Waals surface area (Å²) in [7, 11) is 0. The van der Waals surface area contributed by atoms with Crippen molar-refractivity contribution >= 4 is 49.4 Å². The van der Waals surface area contributed by atoms with Crippen LogP contribution in [-0.2, 0) is 0 Å². The second-order valence-electron chi connectivity index (χ2n) is 4.50. The monoisotopic (exact) mass is 393 g/mol. The summed E-state index contributed by atoms with van der Waals surface area (Å²) < 4.78 is 0.875. The Morgan fingerprint density at radius 1 is 1.33 bits per heavy atom. The van der Waals surface area contributed by atoms with Gasteiger partial charge in [-0.15, -0.1) is 0 Å². The zero-order valence-electron chi connectivity index (χ0n) is 9.76. The van der Waals surface area contributed by atoms with Gasteiger partial charge in [0.1, 0.15) is 0 Å². The number of carbonyl (C=O) groups excluding carboxylic acids is 1. The molecule has 1 aromatic rings. The highest BCUT2D eigenvalue weighted by atomic mass is 79.9. The molecule has 18 heavy (non-hydrogen) atoms. The molecule has 2 rings (SSSR count). The van der Waals surface area contributed by atoms with Crippen LogP contribution in [0, 0.1) is 0 Å². The third-order valence-electron chi connectivity index (χ3n) is 3.17. The van der Waals surface area contributed by atoms with Crippen molar-refractivity contribution in [1.82, 2.24) is 5.32 Å². The van der Waals surface area contributed by atoms with Crippen LogP contribution >= 0.6 is 43.5 Å². The highest BCUT2D eigenvalue weighted by Crippen LogP contribution is 2.26. The summed E-state index contributed by atoms with van der Waals surface area (Å²) in [6.45, 7) is 0. The van der Waals surface area contributed by atoms with Crippen molar-refractivity contribution in [2.24, 2.45) is 0 Å². The van der Waals surface area contributed by atoms with Crippen LogP contribution in [0.4, 0.5) is 0 Å². The fourth-order valence-corrected chi connectivity index (χ4v) is 3.65. The third-order valence-corrected chi connectivity index (χ3v) is 5.08. The molecule has 1 aliphatic rings. The van der Waals surface area contributed by atoms with Gasteiger partial charge in [-0.25, -0.2) is 0 Å². The van der Waals surface area contributed by atoms with E-state index in [9.17, 15) is 4.79 Å². The first-order valence-electron chi connectivity index (χ1n) is 5.98. The van der Waals surface area contributed by atoms with E-state index in [1.807, 2.05) is 6.07 Å². The first-order valence-corrected chi connectivity index (χ1v) is 8.06. The molecule has 0 saturated heterocycles. The van der Waals surface area contributed by atoms with E-state index in [0.717, 1.165) is 17.3 Å². The van der Waals surface area contributed by atoms with Gasteiger partial charge in [0.15, 0.2) is 0 Å². The average molecular weight is 396 g/mol. The van der Waals surface area contributed by atoms with Gasteiger partial charge in [-0.05, 0) is 31.0 Å². The Morgan fingerprint density at radius 2 is 2.06 bits per heavy atom. The van der Waals surface area contributed by atoms with Gasteiger partial charge in [0.05, 0.1) is 10.6 Å². The predicted octanol–water partition coefficient (Wildman–Crippen LogP) is 4.54.